The highest BCUT2D eigenvalue weighted by atomic mass is 16.2. The van der Waals surface area contributed by atoms with E-state index in [0.717, 1.165) is 5.56 Å². The number of benzene rings is 3. The highest BCUT2D eigenvalue weighted by Crippen LogP contribution is 2.21. The van der Waals surface area contributed by atoms with Crippen LogP contribution in [-0.2, 0) is 6.54 Å². The highest BCUT2D eigenvalue weighted by Gasteiger charge is 2.18. The second-order valence-corrected chi connectivity index (χ2v) is 5.72. The van der Waals surface area contributed by atoms with Gasteiger partial charge < -0.3 is 4.90 Å². The van der Waals surface area contributed by atoms with Gasteiger partial charge in [-0.3, -0.25) is 4.79 Å². The van der Waals surface area contributed by atoms with Gasteiger partial charge in [-0.2, -0.15) is 10.5 Å². The molecule has 0 radical (unpaired) electrons. The Morgan fingerprint density at radius 2 is 1.31 bits per heavy atom. The van der Waals surface area contributed by atoms with Crippen LogP contribution >= 0.6 is 0 Å². The minimum atomic E-state index is -0.164. The number of nitrogens with zero attached hydrogens (tertiary/aromatic N) is 3. The predicted molar refractivity (Wildman–Crippen MR) is 99.3 cm³/mol. The molecule has 4 nitrogen and oxygen atoms in total. The van der Waals surface area contributed by atoms with Gasteiger partial charge in [0.25, 0.3) is 5.91 Å². The maximum absolute atomic E-state index is 13.1. The van der Waals surface area contributed by atoms with Gasteiger partial charge in [-0.25, -0.2) is 0 Å². The Labute approximate surface area is 152 Å². The average Bonchev–Trinajstić information content (AvgIpc) is 2.72. The molecule has 0 N–H and O–H groups in total. The van der Waals surface area contributed by atoms with Crippen LogP contribution in [0, 0.1) is 22.7 Å². The molecule has 1 amide bonds. The molecule has 0 unspecified atom stereocenters. The fourth-order valence-electron chi connectivity index (χ4n) is 2.61. The molecule has 0 aliphatic rings. The quantitative estimate of drug-likeness (QED) is 0.713. The summed E-state index contributed by atoms with van der Waals surface area (Å²) in [4.78, 5) is 14.7. The van der Waals surface area contributed by atoms with Crippen molar-refractivity contribution in [3.8, 4) is 12.1 Å². The first-order chi connectivity index (χ1) is 12.7. The largest absolute Gasteiger partial charge is 0.304 e. The van der Waals surface area contributed by atoms with E-state index in [2.05, 4.69) is 12.1 Å². The summed E-state index contributed by atoms with van der Waals surface area (Å²) in [5.74, 6) is -0.164. The second-order valence-electron chi connectivity index (χ2n) is 5.72. The Morgan fingerprint density at radius 3 is 1.85 bits per heavy atom. The zero-order chi connectivity index (χ0) is 18.4. The van der Waals surface area contributed by atoms with Crippen molar-refractivity contribution < 1.29 is 4.79 Å². The molecule has 26 heavy (non-hydrogen) atoms. The summed E-state index contributed by atoms with van der Waals surface area (Å²) < 4.78 is 0. The summed E-state index contributed by atoms with van der Waals surface area (Å²) in [5.41, 5.74) is 3.26. The van der Waals surface area contributed by atoms with Crippen molar-refractivity contribution in [3.05, 3.63) is 101 Å². The maximum Gasteiger partial charge on any atom is 0.258 e. The zero-order valence-corrected chi connectivity index (χ0v) is 14.0. The van der Waals surface area contributed by atoms with Crippen LogP contribution in [0.2, 0.25) is 0 Å². The Balaban J connectivity index is 1.96. The Morgan fingerprint density at radius 1 is 0.769 bits per heavy atom. The average molecular weight is 337 g/mol. The third-order valence-corrected chi connectivity index (χ3v) is 4.00. The van der Waals surface area contributed by atoms with E-state index < -0.39 is 0 Å². The molecule has 124 valence electrons. The summed E-state index contributed by atoms with van der Waals surface area (Å²) in [5, 5.41) is 17.9. The van der Waals surface area contributed by atoms with Crippen molar-refractivity contribution in [2.24, 2.45) is 0 Å². The molecule has 3 rings (SSSR count). The van der Waals surface area contributed by atoms with Gasteiger partial charge in [0.05, 0.1) is 29.8 Å². The first-order valence-corrected chi connectivity index (χ1v) is 8.07. The summed E-state index contributed by atoms with van der Waals surface area (Å²) in [7, 11) is 0. The van der Waals surface area contributed by atoms with E-state index in [0.29, 0.717) is 28.9 Å². The number of amides is 1. The normalized spacial score (nSPS) is 9.77. The lowest BCUT2D eigenvalue weighted by Gasteiger charge is -2.23. The topological polar surface area (TPSA) is 67.9 Å². The minimum absolute atomic E-state index is 0.164. The molecule has 0 saturated carbocycles. The number of hydrogen-bond donors (Lipinski definition) is 0. The molecule has 0 atom stereocenters. The molecule has 0 bridgehead atoms. The molecular formula is C22H15N3O. The molecule has 0 heterocycles. The Bertz CT molecular complexity index is 979. The first-order valence-electron chi connectivity index (χ1n) is 8.07. The van der Waals surface area contributed by atoms with E-state index in [1.807, 2.05) is 30.3 Å². The SMILES string of the molecule is N#Cc1ccc(C(=O)N(Cc2ccccc2)c2ccc(C#N)cc2)cc1. The number of nitriles is 2. The number of anilines is 1. The van der Waals surface area contributed by atoms with E-state index in [1.54, 1.807) is 53.4 Å². The van der Waals surface area contributed by atoms with Crippen LogP contribution in [0.1, 0.15) is 27.0 Å². The summed E-state index contributed by atoms with van der Waals surface area (Å²) in [6.45, 7) is 0.408. The monoisotopic (exact) mass is 337 g/mol. The standard InChI is InChI=1S/C22H15N3O/c23-14-17-6-10-20(11-7-17)22(26)25(16-19-4-2-1-3-5-19)21-12-8-18(15-24)9-13-21/h1-13H,16H2. The van der Waals surface area contributed by atoms with Crippen molar-refractivity contribution in [2.45, 2.75) is 6.54 Å². The molecule has 3 aromatic rings. The molecule has 0 aliphatic carbocycles. The van der Waals surface area contributed by atoms with E-state index in [4.69, 9.17) is 10.5 Å². The molecule has 4 heteroatoms. The number of rotatable bonds is 4. The van der Waals surface area contributed by atoms with Crippen LogP contribution in [0.25, 0.3) is 0 Å². The van der Waals surface area contributed by atoms with Crippen LogP contribution in [0.5, 0.6) is 0 Å². The molecule has 0 spiro atoms. The smallest absolute Gasteiger partial charge is 0.258 e. The van der Waals surface area contributed by atoms with Gasteiger partial charge in [0, 0.05) is 11.3 Å². The van der Waals surface area contributed by atoms with E-state index in [9.17, 15) is 4.79 Å². The van der Waals surface area contributed by atoms with Crippen molar-refractivity contribution >= 4 is 11.6 Å². The first kappa shape index (κ1) is 17.0. The van der Waals surface area contributed by atoms with E-state index in [1.165, 1.54) is 0 Å². The molecule has 3 aromatic carbocycles. The molecule has 0 saturated heterocycles. The van der Waals surface area contributed by atoms with Gasteiger partial charge in [-0.15, -0.1) is 0 Å². The van der Waals surface area contributed by atoms with E-state index >= 15 is 0 Å². The van der Waals surface area contributed by atoms with Crippen molar-refractivity contribution in [1.29, 1.82) is 10.5 Å². The lowest BCUT2D eigenvalue weighted by Crippen LogP contribution is -2.30. The fourth-order valence-corrected chi connectivity index (χ4v) is 2.61. The van der Waals surface area contributed by atoms with Crippen LogP contribution < -0.4 is 4.90 Å². The molecule has 0 aliphatic heterocycles. The van der Waals surface area contributed by atoms with Crippen molar-refractivity contribution in [3.63, 3.8) is 0 Å². The third kappa shape index (κ3) is 3.77. The van der Waals surface area contributed by atoms with Crippen molar-refractivity contribution in [1.82, 2.24) is 0 Å². The highest BCUT2D eigenvalue weighted by molar-refractivity contribution is 6.06. The van der Waals surface area contributed by atoms with Gasteiger partial charge in [0.15, 0.2) is 0 Å². The van der Waals surface area contributed by atoms with Gasteiger partial charge in [0.1, 0.15) is 0 Å². The number of carbonyl (C=O) groups is 1. The second kappa shape index (κ2) is 7.79. The van der Waals surface area contributed by atoms with Gasteiger partial charge >= 0.3 is 0 Å². The minimum Gasteiger partial charge on any atom is -0.304 e. The van der Waals surface area contributed by atoms with Gasteiger partial charge in [-0.05, 0) is 54.1 Å². The van der Waals surface area contributed by atoms with Gasteiger partial charge in [-0.1, -0.05) is 30.3 Å². The van der Waals surface area contributed by atoms with Crippen LogP contribution in [0.4, 0.5) is 5.69 Å². The van der Waals surface area contributed by atoms with E-state index in [-0.39, 0.29) is 5.91 Å². The lowest BCUT2D eigenvalue weighted by atomic mass is 10.1. The molecule has 0 fully saturated rings. The molecule has 0 aromatic heterocycles. The lowest BCUT2D eigenvalue weighted by molar-refractivity contribution is 0.0985. The predicted octanol–water partition coefficient (Wildman–Crippen LogP) is 4.28. The Hall–Kier alpha value is -3.89. The maximum atomic E-state index is 13.1. The van der Waals surface area contributed by atoms with Crippen molar-refractivity contribution in [2.75, 3.05) is 4.90 Å². The third-order valence-electron chi connectivity index (χ3n) is 4.00. The Kier molecular flexibility index (Phi) is 5.08. The van der Waals surface area contributed by atoms with Crippen LogP contribution in [0.15, 0.2) is 78.9 Å². The summed E-state index contributed by atoms with van der Waals surface area (Å²) in [6, 6.07) is 27.3. The fraction of sp³-hybridized carbons (Fsp3) is 0.0455. The summed E-state index contributed by atoms with van der Waals surface area (Å²) >= 11 is 0. The zero-order valence-electron chi connectivity index (χ0n) is 14.0. The van der Waals surface area contributed by atoms with Crippen LogP contribution in [0.3, 0.4) is 0 Å². The summed E-state index contributed by atoms with van der Waals surface area (Å²) in [6.07, 6.45) is 0. The number of hydrogen-bond acceptors (Lipinski definition) is 3. The molecular weight excluding hydrogens is 322 g/mol. The van der Waals surface area contributed by atoms with Gasteiger partial charge in [0.2, 0.25) is 0 Å². The number of carbonyl (C=O) groups excluding carboxylic acids is 1. The van der Waals surface area contributed by atoms with Crippen LogP contribution in [-0.4, -0.2) is 5.91 Å².